The summed E-state index contributed by atoms with van der Waals surface area (Å²) >= 11 is 0. The van der Waals surface area contributed by atoms with Crippen LogP contribution in [0.2, 0.25) is 0 Å². The van der Waals surface area contributed by atoms with Crippen LogP contribution in [0.3, 0.4) is 0 Å². The van der Waals surface area contributed by atoms with E-state index >= 15 is 0 Å². The quantitative estimate of drug-likeness (QED) is 0.375. The first-order valence-corrected chi connectivity index (χ1v) is 7.92. The summed E-state index contributed by atoms with van der Waals surface area (Å²) in [6.45, 7) is 7.70. The van der Waals surface area contributed by atoms with E-state index in [0.29, 0.717) is 6.10 Å². The van der Waals surface area contributed by atoms with Crippen LogP contribution in [-0.4, -0.2) is 12.7 Å². The third-order valence-electron chi connectivity index (χ3n) is 3.36. The first kappa shape index (κ1) is 17.0. The number of ether oxygens (including phenoxy) is 1. The van der Waals surface area contributed by atoms with Gasteiger partial charge in [0.1, 0.15) is 0 Å². The summed E-state index contributed by atoms with van der Waals surface area (Å²) in [5, 5.41) is 0. The largest absolute Gasteiger partial charge is 0.379 e. The van der Waals surface area contributed by atoms with Gasteiger partial charge in [-0.25, -0.2) is 0 Å². The van der Waals surface area contributed by atoms with Crippen LogP contribution in [0.5, 0.6) is 0 Å². The molecular formula is C16H34O. The lowest BCUT2D eigenvalue weighted by Crippen LogP contribution is -2.08. The van der Waals surface area contributed by atoms with Crippen molar-refractivity contribution in [2.45, 2.75) is 97.5 Å². The molecule has 1 atom stereocenters. The minimum Gasteiger partial charge on any atom is -0.379 e. The van der Waals surface area contributed by atoms with Gasteiger partial charge < -0.3 is 4.74 Å². The Morgan fingerprint density at radius 3 is 1.82 bits per heavy atom. The lowest BCUT2D eigenvalue weighted by atomic mass is 10.1. The van der Waals surface area contributed by atoms with E-state index in [-0.39, 0.29) is 0 Å². The van der Waals surface area contributed by atoms with Crippen molar-refractivity contribution in [1.29, 1.82) is 0 Å². The Morgan fingerprint density at radius 1 is 0.706 bits per heavy atom. The van der Waals surface area contributed by atoms with Crippen molar-refractivity contribution in [1.82, 2.24) is 0 Å². The molecule has 0 aliphatic heterocycles. The molecule has 0 aromatic carbocycles. The first-order valence-electron chi connectivity index (χ1n) is 7.92. The summed E-state index contributed by atoms with van der Waals surface area (Å²) < 4.78 is 5.79. The van der Waals surface area contributed by atoms with Crippen molar-refractivity contribution in [3.05, 3.63) is 0 Å². The van der Waals surface area contributed by atoms with Crippen molar-refractivity contribution in [2.24, 2.45) is 0 Å². The van der Waals surface area contributed by atoms with Gasteiger partial charge in [-0.3, -0.25) is 0 Å². The van der Waals surface area contributed by atoms with Crippen LogP contribution in [0.15, 0.2) is 0 Å². The highest BCUT2D eigenvalue weighted by atomic mass is 16.5. The molecule has 104 valence electrons. The van der Waals surface area contributed by atoms with Crippen molar-refractivity contribution in [3.63, 3.8) is 0 Å². The first-order chi connectivity index (χ1) is 8.31. The van der Waals surface area contributed by atoms with Crippen LogP contribution in [-0.2, 0) is 4.74 Å². The van der Waals surface area contributed by atoms with Gasteiger partial charge in [0.15, 0.2) is 0 Å². The second-order valence-corrected chi connectivity index (χ2v) is 5.30. The highest BCUT2D eigenvalue weighted by Gasteiger charge is 2.00. The molecule has 1 unspecified atom stereocenters. The average Bonchev–Trinajstić information content (AvgIpc) is 2.34. The van der Waals surface area contributed by atoms with E-state index in [1.807, 2.05) is 0 Å². The average molecular weight is 242 g/mol. The predicted octanol–water partition coefficient (Wildman–Crippen LogP) is 5.72. The van der Waals surface area contributed by atoms with Crippen LogP contribution in [0.25, 0.3) is 0 Å². The Hall–Kier alpha value is -0.0400. The summed E-state index contributed by atoms with van der Waals surface area (Å²) in [6, 6.07) is 0. The van der Waals surface area contributed by atoms with Crippen molar-refractivity contribution in [2.75, 3.05) is 6.61 Å². The number of unbranched alkanes of at least 4 members (excludes halogenated alkanes) is 8. The molecule has 0 spiro atoms. The van der Waals surface area contributed by atoms with Crippen LogP contribution >= 0.6 is 0 Å². The fourth-order valence-electron chi connectivity index (χ4n) is 2.10. The fraction of sp³-hybridized carbons (Fsp3) is 1.00. The van der Waals surface area contributed by atoms with Crippen LogP contribution in [0, 0.1) is 0 Å². The van der Waals surface area contributed by atoms with Crippen molar-refractivity contribution in [3.8, 4) is 0 Å². The van der Waals surface area contributed by atoms with E-state index in [1.54, 1.807) is 0 Å². The van der Waals surface area contributed by atoms with Gasteiger partial charge in [-0.2, -0.15) is 0 Å². The maximum absolute atomic E-state index is 5.79. The summed E-state index contributed by atoms with van der Waals surface area (Å²) in [6.07, 6.45) is 15.3. The molecule has 0 saturated carbocycles. The molecule has 0 rings (SSSR count). The Bertz CT molecular complexity index is 133. The maximum atomic E-state index is 5.79. The van der Waals surface area contributed by atoms with Crippen LogP contribution in [0.1, 0.15) is 91.4 Å². The minimum absolute atomic E-state index is 0.472. The van der Waals surface area contributed by atoms with Crippen LogP contribution in [0.4, 0.5) is 0 Å². The third-order valence-corrected chi connectivity index (χ3v) is 3.36. The molecule has 0 heterocycles. The molecule has 0 saturated heterocycles. The number of hydrogen-bond donors (Lipinski definition) is 0. The van der Waals surface area contributed by atoms with Gasteiger partial charge in [-0.05, 0) is 19.8 Å². The van der Waals surface area contributed by atoms with Gasteiger partial charge in [-0.15, -0.1) is 0 Å². The molecular weight excluding hydrogens is 208 g/mol. The molecule has 0 N–H and O–H groups in total. The zero-order valence-corrected chi connectivity index (χ0v) is 12.5. The second kappa shape index (κ2) is 14.0. The molecule has 1 heteroatoms. The van der Waals surface area contributed by atoms with Gasteiger partial charge in [0, 0.05) is 6.61 Å². The molecule has 0 radical (unpaired) electrons. The van der Waals surface area contributed by atoms with E-state index in [9.17, 15) is 0 Å². The monoisotopic (exact) mass is 242 g/mol. The molecule has 0 bridgehead atoms. The molecule has 17 heavy (non-hydrogen) atoms. The highest BCUT2D eigenvalue weighted by molar-refractivity contribution is 4.51. The normalized spacial score (nSPS) is 12.9. The number of rotatable bonds is 13. The summed E-state index contributed by atoms with van der Waals surface area (Å²) in [4.78, 5) is 0. The third kappa shape index (κ3) is 13.9. The van der Waals surface area contributed by atoms with Crippen molar-refractivity contribution >= 4 is 0 Å². The lowest BCUT2D eigenvalue weighted by molar-refractivity contribution is 0.0560. The molecule has 0 aliphatic carbocycles. The molecule has 1 nitrogen and oxygen atoms in total. The van der Waals surface area contributed by atoms with Gasteiger partial charge >= 0.3 is 0 Å². The Balaban J connectivity index is 3.02. The maximum Gasteiger partial charge on any atom is 0.0547 e. The Morgan fingerprint density at radius 2 is 1.24 bits per heavy atom. The van der Waals surface area contributed by atoms with Gasteiger partial charge in [-0.1, -0.05) is 71.6 Å². The SMILES string of the molecule is CCCCCCCCCCOC(C)CCCC. The van der Waals surface area contributed by atoms with E-state index in [2.05, 4.69) is 20.8 Å². The van der Waals surface area contributed by atoms with Gasteiger partial charge in [0.05, 0.1) is 6.10 Å². The predicted molar refractivity (Wildman–Crippen MR) is 77.5 cm³/mol. The molecule has 0 amide bonds. The zero-order chi connectivity index (χ0) is 12.8. The van der Waals surface area contributed by atoms with E-state index < -0.39 is 0 Å². The molecule has 0 aromatic heterocycles. The zero-order valence-electron chi connectivity index (χ0n) is 12.5. The Labute approximate surface area is 109 Å². The topological polar surface area (TPSA) is 9.23 Å². The summed E-state index contributed by atoms with van der Waals surface area (Å²) in [5.74, 6) is 0. The number of hydrogen-bond acceptors (Lipinski definition) is 1. The van der Waals surface area contributed by atoms with E-state index in [4.69, 9.17) is 4.74 Å². The van der Waals surface area contributed by atoms with E-state index in [1.165, 1.54) is 70.6 Å². The smallest absolute Gasteiger partial charge is 0.0547 e. The standard InChI is InChI=1S/C16H34O/c1-4-6-8-9-10-11-12-13-15-17-16(3)14-7-5-2/h16H,4-15H2,1-3H3. The molecule has 0 fully saturated rings. The molecule has 0 aliphatic rings. The van der Waals surface area contributed by atoms with Crippen LogP contribution < -0.4 is 0 Å². The van der Waals surface area contributed by atoms with Gasteiger partial charge in [0.25, 0.3) is 0 Å². The summed E-state index contributed by atoms with van der Waals surface area (Å²) in [5.41, 5.74) is 0. The fourth-order valence-corrected chi connectivity index (χ4v) is 2.10. The summed E-state index contributed by atoms with van der Waals surface area (Å²) in [7, 11) is 0. The lowest BCUT2D eigenvalue weighted by Gasteiger charge is -2.12. The van der Waals surface area contributed by atoms with Gasteiger partial charge in [0.2, 0.25) is 0 Å². The minimum atomic E-state index is 0.472. The van der Waals surface area contributed by atoms with E-state index in [0.717, 1.165) is 6.61 Å². The Kier molecular flexibility index (Phi) is 14.0. The van der Waals surface area contributed by atoms with Crippen molar-refractivity contribution < 1.29 is 4.74 Å². The highest BCUT2D eigenvalue weighted by Crippen LogP contribution is 2.09. The molecule has 0 aromatic rings. The second-order valence-electron chi connectivity index (χ2n) is 5.30.